The van der Waals surface area contributed by atoms with Crippen LogP contribution in [0.2, 0.25) is 0 Å². The van der Waals surface area contributed by atoms with Gasteiger partial charge in [0.25, 0.3) is 5.92 Å². The van der Waals surface area contributed by atoms with Crippen LogP contribution in [0.3, 0.4) is 0 Å². The highest BCUT2D eigenvalue weighted by Crippen LogP contribution is 2.40. The number of hydrogen-bond acceptors (Lipinski definition) is 4. The van der Waals surface area contributed by atoms with Crippen LogP contribution in [0.1, 0.15) is 31.9 Å². The van der Waals surface area contributed by atoms with E-state index in [-0.39, 0.29) is 11.3 Å². The number of halogens is 5. The first kappa shape index (κ1) is 25.0. The Morgan fingerprint density at radius 2 is 1.66 bits per heavy atom. The lowest BCUT2D eigenvalue weighted by Crippen LogP contribution is -2.38. The predicted octanol–water partition coefficient (Wildman–Crippen LogP) is 6.58. The van der Waals surface area contributed by atoms with Gasteiger partial charge in [0.15, 0.2) is 3.55 Å². The minimum absolute atomic E-state index is 0.00810. The van der Waals surface area contributed by atoms with Crippen molar-refractivity contribution in [3.05, 3.63) is 72.2 Å². The summed E-state index contributed by atoms with van der Waals surface area (Å²) >= 11 is 1.95. The van der Waals surface area contributed by atoms with Crippen molar-refractivity contribution in [2.75, 3.05) is 0 Å². The lowest BCUT2D eigenvalue weighted by Gasteiger charge is -2.30. The molecule has 1 amide bonds. The number of rotatable bonds is 6. The van der Waals surface area contributed by atoms with Crippen molar-refractivity contribution in [3.8, 4) is 11.1 Å². The fraction of sp³-hybridized carbons (Fsp3) is 0.250. The highest BCUT2D eigenvalue weighted by atomic mass is 127. The minimum atomic E-state index is -3.67. The Labute approximate surface area is 211 Å². The molecule has 0 aliphatic heterocycles. The molecule has 0 aliphatic carbocycles. The van der Waals surface area contributed by atoms with Crippen molar-refractivity contribution in [1.82, 2.24) is 14.9 Å². The molecule has 2 aromatic heterocycles. The second kappa shape index (κ2) is 8.85. The first-order valence-corrected chi connectivity index (χ1v) is 11.4. The molecule has 4 aromatic rings. The van der Waals surface area contributed by atoms with Crippen molar-refractivity contribution in [1.29, 1.82) is 0 Å². The maximum Gasteiger partial charge on any atom is 0.324 e. The van der Waals surface area contributed by atoms with Gasteiger partial charge in [0.1, 0.15) is 6.26 Å². The molecule has 182 valence electrons. The molecule has 0 fully saturated rings. The number of hydrogen-bond donors (Lipinski definition) is 0. The van der Waals surface area contributed by atoms with Gasteiger partial charge in [0.2, 0.25) is 0 Å². The molecule has 4 rings (SSSR count). The van der Waals surface area contributed by atoms with Crippen LogP contribution in [0.25, 0.3) is 22.0 Å². The highest BCUT2D eigenvalue weighted by Gasteiger charge is 2.40. The number of amides is 1. The third-order valence-electron chi connectivity index (χ3n) is 5.52. The van der Waals surface area contributed by atoms with Gasteiger partial charge in [-0.15, -0.1) is 0 Å². The van der Waals surface area contributed by atoms with Crippen LogP contribution in [0.4, 0.5) is 17.6 Å². The number of aliphatic imine (C=N–C) groups is 1. The number of carbonyl (C=O) groups excluding carboxylic acids is 1. The van der Waals surface area contributed by atoms with Gasteiger partial charge < -0.3 is 4.52 Å². The lowest BCUT2D eigenvalue weighted by atomic mass is 9.99. The molecule has 0 N–H and O–H groups in total. The van der Waals surface area contributed by atoms with Crippen LogP contribution in [0, 0.1) is 0 Å². The Kier molecular flexibility index (Phi) is 6.32. The summed E-state index contributed by atoms with van der Waals surface area (Å²) in [5.74, 6) is -8.35. The summed E-state index contributed by atoms with van der Waals surface area (Å²) in [5, 5.41) is 8.88. The standard InChI is InChI=1S/C24H19F4IN4O2/c1-14(32-21(34)23(3,27)28)24(29,19-7-5-18(6-8-19)22(2,25)26)33-20-9-4-15(10-16(20)11-30-33)17-12-31-35-13-17/h4-13H,1-3H3/t24-/m1/s1. The molecule has 0 saturated heterocycles. The van der Waals surface area contributed by atoms with Gasteiger partial charge in [-0.2, -0.15) is 13.9 Å². The molecule has 0 bridgehead atoms. The fourth-order valence-corrected chi connectivity index (χ4v) is 4.46. The van der Waals surface area contributed by atoms with E-state index in [4.69, 9.17) is 4.52 Å². The average Bonchev–Trinajstić information content (AvgIpc) is 3.47. The van der Waals surface area contributed by atoms with Gasteiger partial charge in [-0.1, -0.05) is 35.5 Å². The molecule has 0 unspecified atom stereocenters. The largest absolute Gasteiger partial charge is 0.364 e. The molecule has 0 spiro atoms. The van der Waals surface area contributed by atoms with E-state index < -0.39 is 21.3 Å². The molecule has 1 atom stereocenters. The Balaban J connectivity index is 1.90. The van der Waals surface area contributed by atoms with Crippen LogP contribution >= 0.6 is 22.6 Å². The minimum Gasteiger partial charge on any atom is -0.364 e. The number of benzene rings is 2. The molecule has 0 aliphatic rings. The third-order valence-corrected chi connectivity index (χ3v) is 7.38. The molecule has 2 aromatic carbocycles. The Morgan fingerprint density at radius 1 is 1.00 bits per heavy atom. The van der Waals surface area contributed by atoms with Crippen molar-refractivity contribution in [2.45, 2.75) is 36.2 Å². The zero-order valence-electron chi connectivity index (χ0n) is 18.8. The van der Waals surface area contributed by atoms with Crippen molar-refractivity contribution in [2.24, 2.45) is 4.99 Å². The molecular formula is C24H19F4IN4O2. The Bertz CT molecular complexity index is 1400. The number of fused-ring (bicyclic) bond motifs is 1. The first-order chi connectivity index (χ1) is 16.3. The average molecular weight is 598 g/mol. The number of nitrogens with zero attached hydrogens (tertiary/aromatic N) is 4. The van der Waals surface area contributed by atoms with Crippen LogP contribution in [-0.4, -0.2) is 32.5 Å². The first-order valence-electron chi connectivity index (χ1n) is 10.4. The van der Waals surface area contributed by atoms with Gasteiger partial charge in [0.05, 0.1) is 23.6 Å². The fourth-order valence-electron chi connectivity index (χ4n) is 3.60. The van der Waals surface area contributed by atoms with E-state index in [2.05, 4.69) is 15.2 Å². The van der Waals surface area contributed by atoms with Gasteiger partial charge in [-0.3, -0.25) is 4.79 Å². The monoisotopic (exact) mass is 598 g/mol. The normalized spacial score (nSPS) is 14.8. The Hall–Kier alpha value is -3.09. The van der Waals surface area contributed by atoms with Gasteiger partial charge in [-0.25, -0.2) is 18.5 Å². The summed E-state index contributed by atoms with van der Waals surface area (Å²) in [7, 11) is 0. The van der Waals surface area contributed by atoms with Crippen molar-refractivity contribution >= 4 is 45.1 Å². The van der Waals surface area contributed by atoms with E-state index in [0.29, 0.717) is 23.4 Å². The maximum absolute atomic E-state index is 13.8. The van der Waals surface area contributed by atoms with E-state index in [1.165, 1.54) is 42.1 Å². The summed E-state index contributed by atoms with van der Waals surface area (Å²) in [6.07, 6.45) is 4.64. The summed E-state index contributed by atoms with van der Waals surface area (Å²) in [6, 6.07) is 10.8. The highest BCUT2D eigenvalue weighted by molar-refractivity contribution is 14.1. The van der Waals surface area contributed by atoms with Gasteiger partial charge >= 0.3 is 11.8 Å². The van der Waals surface area contributed by atoms with Gasteiger partial charge in [-0.05, 0) is 52.8 Å². The van der Waals surface area contributed by atoms with E-state index >= 15 is 0 Å². The van der Waals surface area contributed by atoms with Crippen LogP contribution in [0.5, 0.6) is 0 Å². The number of carbonyl (C=O) groups is 1. The van der Waals surface area contributed by atoms with Crippen LogP contribution < -0.4 is 0 Å². The molecule has 0 radical (unpaired) electrons. The summed E-state index contributed by atoms with van der Waals surface area (Å²) in [4.78, 5) is 15.7. The summed E-state index contributed by atoms with van der Waals surface area (Å²) < 4.78 is 59.9. The zero-order valence-corrected chi connectivity index (χ0v) is 20.9. The maximum atomic E-state index is 13.8. The van der Waals surface area contributed by atoms with Crippen LogP contribution in [0.15, 0.2) is 70.6 Å². The topological polar surface area (TPSA) is 73.3 Å². The molecule has 6 nitrogen and oxygen atoms in total. The second-order valence-corrected chi connectivity index (χ2v) is 9.78. The zero-order chi connectivity index (χ0) is 25.6. The SMILES string of the molecule is CC(=NC(=O)C(C)(F)F)[C@](I)(c1ccc(C(C)(F)F)cc1)n1ncc2cc(-c3cnoc3)ccc21. The molecule has 2 heterocycles. The smallest absolute Gasteiger partial charge is 0.324 e. The quantitative estimate of drug-likeness (QED) is 0.109. The van der Waals surface area contributed by atoms with Crippen LogP contribution in [-0.2, 0) is 14.3 Å². The number of aromatic nitrogens is 3. The van der Waals surface area contributed by atoms with E-state index in [1.54, 1.807) is 18.5 Å². The molecule has 35 heavy (non-hydrogen) atoms. The summed E-state index contributed by atoms with van der Waals surface area (Å²) in [5.41, 5.74) is 2.40. The van der Waals surface area contributed by atoms with E-state index in [0.717, 1.165) is 18.1 Å². The molecular weight excluding hydrogens is 579 g/mol. The van der Waals surface area contributed by atoms with E-state index in [9.17, 15) is 22.4 Å². The Morgan fingerprint density at radius 3 is 2.23 bits per heavy atom. The van der Waals surface area contributed by atoms with Crippen molar-refractivity contribution < 1.29 is 26.9 Å². The third kappa shape index (κ3) is 4.73. The predicted molar refractivity (Wildman–Crippen MR) is 131 cm³/mol. The molecule has 11 heteroatoms. The lowest BCUT2D eigenvalue weighted by molar-refractivity contribution is -0.139. The van der Waals surface area contributed by atoms with Gasteiger partial charge in [0, 0.05) is 30.4 Å². The van der Waals surface area contributed by atoms with Crippen molar-refractivity contribution in [3.63, 3.8) is 0 Å². The van der Waals surface area contributed by atoms with E-state index in [1.807, 2.05) is 34.7 Å². The summed E-state index contributed by atoms with van der Waals surface area (Å²) in [6.45, 7) is 2.67. The second-order valence-electron chi connectivity index (χ2n) is 8.22. The molecule has 0 saturated carbocycles. The number of alkyl halides is 5.